The van der Waals surface area contributed by atoms with Crippen molar-refractivity contribution in [1.82, 2.24) is 19.4 Å². The monoisotopic (exact) mass is 470 g/mol. The Bertz CT molecular complexity index is 1270. The highest BCUT2D eigenvalue weighted by molar-refractivity contribution is 5.75. The van der Waals surface area contributed by atoms with Crippen LogP contribution in [0.3, 0.4) is 0 Å². The lowest BCUT2D eigenvalue weighted by Crippen LogP contribution is -2.35. The van der Waals surface area contributed by atoms with Gasteiger partial charge in [0.25, 0.3) is 0 Å². The molecule has 0 amide bonds. The summed E-state index contributed by atoms with van der Waals surface area (Å²) in [5.74, 6) is 1.89. The van der Waals surface area contributed by atoms with Crippen LogP contribution in [0.2, 0.25) is 0 Å². The van der Waals surface area contributed by atoms with Crippen molar-refractivity contribution >= 4 is 11.0 Å². The Hall–Kier alpha value is -3.22. The molecule has 0 fully saturated rings. The van der Waals surface area contributed by atoms with E-state index >= 15 is 0 Å². The quantitative estimate of drug-likeness (QED) is 0.297. The smallest absolute Gasteiger partial charge is 0.126 e. The molecule has 0 saturated carbocycles. The molecule has 35 heavy (non-hydrogen) atoms. The predicted molar refractivity (Wildman–Crippen MR) is 138 cm³/mol. The molecule has 4 aromatic rings. The lowest BCUT2D eigenvalue weighted by molar-refractivity contribution is 0.0775. The maximum atomic E-state index is 5.86. The van der Waals surface area contributed by atoms with Crippen molar-refractivity contribution in [3.05, 3.63) is 89.5 Å². The van der Waals surface area contributed by atoms with Crippen LogP contribution in [0.25, 0.3) is 11.0 Å². The van der Waals surface area contributed by atoms with Crippen molar-refractivity contribution in [1.29, 1.82) is 0 Å². The Morgan fingerprint density at radius 3 is 2.71 bits per heavy atom. The summed E-state index contributed by atoms with van der Waals surface area (Å²) in [7, 11) is 1.71. The summed E-state index contributed by atoms with van der Waals surface area (Å²) < 4.78 is 13.5. The van der Waals surface area contributed by atoms with Crippen LogP contribution in [0.15, 0.2) is 66.9 Å². The molecule has 5 rings (SSSR count). The molecule has 0 saturated heterocycles. The average molecular weight is 471 g/mol. The Labute approximate surface area is 207 Å². The zero-order chi connectivity index (χ0) is 24.2. The van der Waals surface area contributed by atoms with Gasteiger partial charge in [-0.05, 0) is 74.6 Å². The van der Waals surface area contributed by atoms with E-state index in [1.807, 2.05) is 31.3 Å². The van der Waals surface area contributed by atoms with Crippen LogP contribution in [0.1, 0.15) is 61.4 Å². The van der Waals surface area contributed by atoms with Gasteiger partial charge in [-0.25, -0.2) is 4.98 Å². The number of aryl methyl sites for hydroxylation is 1. The fourth-order valence-electron chi connectivity index (χ4n) is 5.23. The van der Waals surface area contributed by atoms with Crippen molar-refractivity contribution in [3.63, 3.8) is 0 Å². The van der Waals surface area contributed by atoms with Gasteiger partial charge in [-0.2, -0.15) is 0 Å². The second-order valence-corrected chi connectivity index (χ2v) is 9.14. The summed E-state index contributed by atoms with van der Waals surface area (Å²) in [6.45, 7) is 6.18. The predicted octanol–water partition coefficient (Wildman–Crippen LogP) is 6.07. The molecule has 0 aliphatic heterocycles. The summed E-state index contributed by atoms with van der Waals surface area (Å²) in [6, 6.07) is 21.4. The van der Waals surface area contributed by atoms with Crippen LogP contribution in [-0.2, 0) is 24.4 Å². The second kappa shape index (κ2) is 10.6. The van der Waals surface area contributed by atoms with Crippen LogP contribution in [-0.4, -0.2) is 33.2 Å². The molecule has 6 heteroatoms. The zero-order valence-corrected chi connectivity index (χ0v) is 20.9. The molecule has 0 unspecified atom stereocenters. The third-order valence-electron chi connectivity index (χ3n) is 7.14. The normalized spacial score (nSPS) is 16.4. The second-order valence-electron chi connectivity index (χ2n) is 9.14. The number of pyridine rings is 1. The minimum Gasteiger partial charge on any atom is -0.497 e. The molecule has 2 aromatic heterocycles. The molecule has 2 atom stereocenters. The third-order valence-corrected chi connectivity index (χ3v) is 7.14. The number of methoxy groups -OCH3 is 1. The van der Waals surface area contributed by atoms with E-state index in [1.54, 1.807) is 7.11 Å². The van der Waals surface area contributed by atoms with Crippen LogP contribution < -0.4 is 4.74 Å². The van der Waals surface area contributed by atoms with E-state index in [4.69, 9.17) is 19.4 Å². The number of hydrogen-bond donors (Lipinski definition) is 0. The Balaban J connectivity index is 1.57. The summed E-state index contributed by atoms with van der Waals surface area (Å²) in [6.07, 6.45) is 5.26. The standard InChI is InChI=1S/C29H34N4O2/c1-4-35-20-33-26-12-6-5-11-25(26)31-28(33)19-32(21(2)22-14-16-24(34-3)17-15-22)27-13-7-9-23-10-8-18-30-29(23)27/h5-6,8,10-12,14-18,21,27H,4,7,9,13,19-20H2,1-3H3/t21-,27-/m0/s1. The van der Waals surface area contributed by atoms with E-state index in [0.717, 1.165) is 41.9 Å². The van der Waals surface area contributed by atoms with Crippen molar-refractivity contribution in [2.45, 2.75) is 58.5 Å². The highest BCUT2D eigenvalue weighted by Gasteiger charge is 2.32. The molecule has 0 N–H and O–H groups in total. The van der Waals surface area contributed by atoms with Gasteiger partial charge in [0.2, 0.25) is 0 Å². The molecule has 0 bridgehead atoms. The van der Waals surface area contributed by atoms with E-state index in [0.29, 0.717) is 19.9 Å². The van der Waals surface area contributed by atoms with Crippen LogP contribution in [0.4, 0.5) is 0 Å². The first-order valence-electron chi connectivity index (χ1n) is 12.5. The lowest BCUT2D eigenvalue weighted by atomic mass is 9.89. The minimum atomic E-state index is 0.166. The van der Waals surface area contributed by atoms with E-state index in [2.05, 4.69) is 58.9 Å². The largest absolute Gasteiger partial charge is 0.497 e. The maximum absolute atomic E-state index is 5.86. The van der Waals surface area contributed by atoms with Gasteiger partial charge >= 0.3 is 0 Å². The summed E-state index contributed by atoms with van der Waals surface area (Å²) in [4.78, 5) is 12.5. The van der Waals surface area contributed by atoms with E-state index in [9.17, 15) is 0 Å². The first-order chi connectivity index (χ1) is 17.2. The average Bonchev–Trinajstić information content (AvgIpc) is 3.27. The van der Waals surface area contributed by atoms with Crippen molar-refractivity contribution in [2.24, 2.45) is 0 Å². The van der Waals surface area contributed by atoms with Gasteiger partial charge in [0, 0.05) is 18.8 Å². The number of imidazole rings is 1. The van der Waals surface area contributed by atoms with Gasteiger partial charge in [0.15, 0.2) is 0 Å². The van der Waals surface area contributed by atoms with Gasteiger partial charge in [0.05, 0.1) is 36.4 Å². The van der Waals surface area contributed by atoms with Crippen LogP contribution in [0, 0.1) is 0 Å². The Morgan fingerprint density at radius 1 is 1.09 bits per heavy atom. The molecular weight excluding hydrogens is 436 g/mol. The highest BCUT2D eigenvalue weighted by Crippen LogP contribution is 2.39. The molecule has 0 radical (unpaired) electrons. The number of nitrogens with zero attached hydrogens (tertiary/aromatic N) is 4. The van der Waals surface area contributed by atoms with Gasteiger partial charge in [0.1, 0.15) is 18.3 Å². The number of fused-ring (bicyclic) bond motifs is 2. The Morgan fingerprint density at radius 2 is 1.91 bits per heavy atom. The van der Waals surface area contributed by atoms with E-state index < -0.39 is 0 Å². The topological polar surface area (TPSA) is 52.4 Å². The van der Waals surface area contributed by atoms with E-state index in [-0.39, 0.29) is 12.1 Å². The fraction of sp³-hybridized carbons (Fsp3) is 0.379. The van der Waals surface area contributed by atoms with Gasteiger partial charge in [-0.15, -0.1) is 0 Å². The highest BCUT2D eigenvalue weighted by atomic mass is 16.5. The number of ether oxygens (including phenoxy) is 2. The van der Waals surface area contributed by atoms with Gasteiger partial charge < -0.3 is 14.0 Å². The van der Waals surface area contributed by atoms with Gasteiger partial charge in [-0.1, -0.05) is 30.3 Å². The van der Waals surface area contributed by atoms with Crippen molar-refractivity contribution < 1.29 is 9.47 Å². The van der Waals surface area contributed by atoms with Crippen molar-refractivity contribution in [2.75, 3.05) is 13.7 Å². The summed E-state index contributed by atoms with van der Waals surface area (Å²) in [5.41, 5.74) is 5.92. The maximum Gasteiger partial charge on any atom is 0.126 e. The number of hydrogen-bond acceptors (Lipinski definition) is 5. The molecule has 6 nitrogen and oxygen atoms in total. The zero-order valence-electron chi connectivity index (χ0n) is 20.9. The summed E-state index contributed by atoms with van der Waals surface area (Å²) >= 11 is 0. The number of para-hydroxylation sites is 2. The molecule has 0 spiro atoms. The molecule has 182 valence electrons. The number of benzene rings is 2. The van der Waals surface area contributed by atoms with E-state index in [1.165, 1.54) is 16.8 Å². The van der Waals surface area contributed by atoms with Crippen LogP contribution >= 0.6 is 0 Å². The lowest BCUT2D eigenvalue weighted by Gasteiger charge is -2.39. The minimum absolute atomic E-state index is 0.166. The Kier molecular flexibility index (Phi) is 7.11. The first-order valence-corrected chi connectivity index (χ1v) is 12.5. The van der Waals surface area contributed by atoms with Crippen molar-refractivity contribution in [3.8, 4) is 5.75 Å². The molecule has 2 aromatic carbocycles. The SMILES string of the molecule is CCOCn1c(CN([C@@H](C)c2ccc(OC)cc2)[C@H]2CCCc3cccnc32)nc2ccccc21. The number of aromatic nitrogens is 3. The van der Waals surface area contributed by atoms with Gasteiger partial charge in [-0.3, -0.25) is 9.88 Å². The van der Waals surface area contributed by atoms with Crippen LogP contribution in [0.5, 0.6) is 5.75 Å². The molecule has 1 aliphatic rings. The fourth-order valence-corrected chi connectivity index (χ4v) is 5.23. The first kappa shape index (κ1) is 23.5. The molecular formula is C29H34N4O2. The molecule has 2 heterocycles. The molecule has 1 aliphatic carbocycles. The third kappa shape index (κ3) is 4.81. The summed E-state index contributed by atoms with van der Waals surface area (Å²) in [5, 5.41) is 0. The number of rotatable bonds is 9.